The number of carbonyl (C=O) groups excluding carboxylic acids is 1. The summed E-state index contributed by atoms with van der Waals surface area (Å²) in [6, 6.07) is 2.74. The fraction of sp³-hybridized carbons (Fsp3) is 0.917. The van der Waals surface area contributed by atoms with Crippen LogP contribution in [0.5, 0.6) is 0 Å². The Bertz CT molecular complexity index is 1070. The third-order valence-corrected chi connectivity index (χ3v) is 12.0. The molecule has 254 valence electrons. The topological polar surface area (TPSA) is 93.0 Å². The summed E-state index contributed by atoms with van der Waals surface area (Å²) in [5.41, 5.74) is 0. The van der Waals surface area contributed by atoms with E-state index in [0.717, 1.165) is 69.7 Å². The number of nitrogens with zero attached hydrogens (tertiary/aromatic N) is 5. The average Bonchev–Trinajstić information content (AvgIpc) is 3.62. The van der Waals surface area contributed by atoms with Crippen molar-refractivity contribution < 1.29 is 14.7 Å². The number of hydrogen-bond acceptors (Lipinski definition) is 9. The van der Waals surface area contributed by atoms with Gasteiger partial charge in [0.25, 0.3) is 0 Å². The number of nitrogens with one attached hydrogen (secondary N) is 1. The first-order valence-electron chi connectivity index (χ1n) is 19.0. The Morgan fingerprint density at radius 2 is 1.58 bits per heavy atom. The molecule has 6 aliphatic heterocycles. The largest absolute Gasteiger partial charge is 0.462 e. The maximum atomic E-state index is 13.5. The number of hydrogen-bond donors (Lipinski definition) is 2. The zero-order valence-electron chi connectivity index (χ0n) is 28.7. The Hall–Kier alpha value is -2.03. The summed E-state index contributed by atoms with van der Waals surface area (Å²) in [5.74, 6) is 1.65. The number of esters is 1. The highest BCUT2D eigenvalue weighted by Gasteiger charge is 2.51. The first-order valence-corrected chi connectivity index (χ1v) is 19.0. The summed E-state index contributed by atoms with van der Waals surface area (Å²) >= 11 is 0. The quantitative estimate of drug-likeness (QED) is 0.156. The van der Waals surface area contributed by atoms with E-state index in [4.69, 9.17) is 14.7 Å². The second-order valence-corrected chi connectivity index (χ2v) is 15.5. The van der Waals surface area contributed by atoms with E-state index in [0.29, 0.717) is 30.2 Å². The molecule has 4 fully saturated rings. The number of aliphatic imine (C=N–C) groups is 2. The maximum absolute atomic E-state index is 13.5. The predicted octanol–water partition coefficient (Wildman–Crippen LogP) is 6.63. The van der Waals surface area contributed by atoms with Crippen molar-refractivity contribution >= 4 is 17.9 Å². The number of unbranched alkanes of at least 4 members (excludes halogenated alkanes) is 7. The number of ether oxygens (including phenoxy) is 1. The van der Waals surface area contributed by atoms with Crippen LogP contribution in [-0.2, 0) is 9.53 Å². The molecule has 4 saturated heterocycles. The molecule has 9 heteroatoms. The molecule has 2 N–H and O–H groups in total. The lowest BCUT2D eigenvalue weighted by Crippen LogP contribution is -2.63. The number of guanidine groups is 2. The van der Waals surface area contributed by atoms with Crippen LogP contribution in [0.4, 0.5) is 0 Å². The second kappa shape index (κ2) is 14.8. The maximum Gasteiger partial charge on any atom is 0.313 e. The fourth-order valence-corrected chi connectivity index (χ4v) is 9.61. The van der Waals surface area contributed by atoms with Gasteiger partial charge in [0, 0.05) is 30.2 Å². The molecule has 0 bridgehead atoms. The van der Waals surface area contributed by atoms with E-state index < -0.39 is 0 Å². The van der Waals surface area contributed by atoms with Gasteiger partial charge in [0.15, 0.2) is 5.96 Å². The van der Waals surface area contributed by atoms with Gasteiger partial charge in [-0.3, -0.25) is 10.0 Å². The van der Waals surface area contributed by atoms with Gasteiger partial charge < -0.3 is 19.9 Å². The molecule has 0 aliphatic carbocycles. The molecule has 1 unspecified atom stereocenters. The molecule has 9 nitrogen and oxygen atoms in total. The Labute approximate surface area is 272 Å². The molecule has 10 atom stereocenters. The van der Waals surface area contributed by atoms with Crippen LogP contribution in [0.15, 0.2) is 9.98 Å². The molecule has 0 radical (unpaired) electrons. The van der Waals surface area contributed by atoms with Crippen LogP contribution in [0.2, 0.25) is 0 Å². The molecular weight excluding hydrogens is 564 g/mol. The van der Waals surface area contributed by atoms with Crippen molar-refractivity contribution in [3.05, 3.63) is 0 Å². The third-order valence-electron chi connectivity index (χ3n) is 12.0. The normalized spacial score (nSPS) is 35.8. The molecule has 0 aromatic heterocycles. The van der Waals surface area contributed by atoms with Gasteiger partial charge in [0.1, 0.15) is 0 Å². The van der Waals surface area contributed by atoms with E-state index in [9.17, 15) is 10.0 Å². The van der Waals surface area contributed by atoms with Crippen LogP contribution < -0.4 is 5.32 Å². The molecule has 6 rings (SSSR count). The number of rotatable bonds is 15. The smallest absolute Gasteiger partial charge is 0.313 e. The molecular formula is C36H62N6O3. The van der Waals surface area contributed by atoms with E-state index in [1.54, 1.807) is 0 Å². The van der Waals surface area contributed by atoms with Gasteiger partial charge in [-0.2, -0.15) is 0 Å². The van der Waals surface area contributed by atoms with Gasteiger partial charge >= 0.3 is 5.97 Å². The Kier molecular flexibility index (Phi) is 10.8. The molecule has 6 heterocycles. The first-order chi connectivity index (χ1) is 21.8. The highest BCUT2D eigenvalue weighted by molar-refractivity contribution is 5.86. The Morgan fingerprint density at radius 3 is 2.40 bits per heavy atom. The van der Waals surface area contributed by atoms with Crippen molar-refractivity contribution in [3.63, 3.8) is 0 Å². The highest BCUT2D eigenvalue weighted by Crippen LogP contribution is 2.41. The summed E-state index contributed by atoms with van der Waals surface area (Å²) in [4.78, 5) is 28.5. The summed E-state index contributed by atoms with van der Waals surface area (Å²) in [5, 5.41) is 15.9. The minimum atomic E-state index is -0.174. The van der Waals surface area contributed by atoms with Gasteiger partial charge in [-0.25, -0.2) is 15.0 Å². The van der Waals surface area contributed by atoms with Gasteiger partial charge in [-0.05, 0) is 91.4 Å². The molecule has 0 saturated carbocycles. The van der Waals surface area contributed by atoms with Crippen LogP contribution in [-0.4, -0.2) is 92.4 Å². The van der Waals surface area contributed by atoms with E-state index in [-0.39, 0.29) is 36.1 Å². The molecule has 0 spiro atoms. The van der Waals surface area contributed by atoms with E-state index >= 15 is 0 Å². The number of carbonyl (C=O) groups is 1. The van der Waals surface area contributed by atoms with Gasteiger partial charge in [0.05, 0.1) is 30.1 Å². The van der Waals surface area contributed by atoms with Crippen LogP contribution in [0.3, 0.4) is 0 Å². The highest BCUT2D eigenvalue weighted by atomic mass is 16.5. The van der Waals surface area contributed by atoms with Crippen molar-refractivity contribution in [2.75, 3.05) is 0 Å². The summed E-state index contributed by atoms with van der Waals surface area (Å²) in [6.45, 7) is 8.55. The minimum absolute atomic E-state index is 0.0506. The van der Waals surface area contributed by atoms with Crippen molar-refractivity contribution in [2.45, 2.75) is 204 Å². The standard InChI is InChI=1S/C36H62N6O3/c1-5-6-7-8-9-12-15-27-22-31-19-20-32-33(26(4)37-35(38-27)41(31)32)34(43)45-25(3)14-11-10-13-16-28-23-30-18-17-29-21-24(2)42(44)36(39-28)40(29)30/h24-33,44H,5-23H2,1-4H3,(H,37,38)/t24-,25?,26-,27-,28-,29+,30+,31+,32+,33+/m1/s1. The van der Waals surface area contributed by atoms with Gasteiger partial charge in [-0.15, -0.1) is 0 Å². The average molecular weight is 627 g/mol. The molecule has 45 heavy (non-hydrogen) atoms. The van der Waals surface area contributed by atoms with E-state index in [2.05, 4.69) is 42.8 Å². The Morgan fingerprint density at radius 1 is 0.889 bits per heavy atom. The van der Waals surface area contributed by atoms with Crippen molar-refractivity contribution in [1.29, 1.82) is 0 Å². The second-order valence-electron chi connectivity index (χ2n) is 15.5. The van der Waals surface area contributed by atoms with Crippen molar-refractivity contribution in [3.8, 4) is 0 Å². The zero-order valence-corrected chi connectivity index (χ0v) is 28.7. The zero-order chi connectivity index (χ0) is 31.5. The van der Waals surface area contributed by atoms with Gasteiger partial charge in [-0.1, -0.05) is 58.3 Å². The molecule has 6 aliphatic rings. The SMILES string of the molecule is CCCCCCCC[C@@H]1C[C@@H]2CC[C@H]3[C@@H](C(=O)OC(C)CCCCC[C@@H]4C[C@@H]5CC[C@H]6C[C@@H](C)N(O)C(=N4)N56)[C@@H](C)N=C(N1)N23. The third kappa shape index (κ3) is 7.28. The lowest BCUT2D eigenvalue weighted by Gasteiger charge is -2.47. The van der Waals surface area contributed by atoms with E-state index in [1.165, 1.54) is 69.3 Å². The fourth-order valence-electron chi connectivity index (χ4n) is 9.61. The first kappa shape index (κ1) is 32.9. The van der Waals surface area contributed by atoms with Crippen molar-refractivity contribution in [2.24, 2.45) is 15.9 Å². The van der Waals surface area contributed by atoms with Crippen LogP contribution >= 0.6 is 0 Å². The van der Waals surface area contributed by atoms with Crippen LogP contribution in [0.25, 0.3) is 0 Å². The Balaban J connectivity index is 0.919. The molecule has 0 amide bonds. The predicted molar refractivity (Wildman–Crippen MR) is 179 cm³/mol. The summed E-state index contributed by atoms with van der Waals surface area (Å²) in [7, 11) is 0. The van der Waals surface area contributed by atoms with Crippen LogP contribution in [0.1, 0.15) is 150 Å². The van der Waals surface area contributed by atoms with Crippen LogP contribution in [0, 0.1) is 5.92 Å². The lowest BCUT2D eigenvalue weighted by atomic mass is 9.89. The van der Waals surface area contributed by atoms with E-state index in [1.807, 2.05) is 0 Å². The van der Waals surface area contributed by atoms with Crippen molar-refractivity contribution in [1.82, 2.24) is 20.2 Å². The lowest BCUT2D eigenvalue weighted by molar-refractivity contribution is -0.156. The summed E-state index contributed by atoms with van der Waals surface area (Å²) < 4.78 is 6.10. The minimum Gasteiger partial charge on any atom is -0.462 e. The summed E-state index contributed by atoms with van der Waals surface area (Å²) in [6.07, 6.45) is 22.5. The van der Waals surface area contributed by atoms with Gasteiger partial charge in [0.2, 0.25) is 5.96 Å². The molecule has 0 aromatic rings. The molecule has 0 aromatic carbocycles. The number of hydroxylamine groups is 2. The monoisotopic (exact) mass is 626 g/mol.